The van der Waals surface area contributed by atoms with E-state index in [-0.39, 0.29) is 5.56 Å². The first-order chi connectivity index (χ1) is 8.43. The van der Waals surface area contributed by atoms with Crippen LogP contribution >= 0.6 is 0 Å². The van der Waals surface area contributed by atoms with Crippen molar-refractivity contribution in [3.63, 3.8) is 0 Å². The van der Waals surface area contributed by atoms with Crippen molar-refractivity contribution in [3.05, 3.63) is 35.9 Å². The third-order valence-corrected chi connectivity index (χ3v) is 2.27. The van der Waals surface area contributed by atoms with E-state index < -0.39 is 29.8 Å². The molecule has 6 heteroatoms. The SMILES string of the molecule is CC(=O)NC(C(=O)c1ccccc1)C(O)C(=O)O. The maximum Gasteiger partial charge on any atom is 0.335 e. The number of carbonyl (C=O) groups is 3. The van der Waals surface area contributed by atoms with Crippen molar-refractivity contribution in [2.24, 2.45) is 0 Å². The Balaban J connectivity index is 3.00. The fourth-order valence-electron chi connectivity index (χ4n) is 1.43. The zero-order chi connectivity index (χ0) is 13.7. The number of carbonyl (C=O) groups excluding carboxylic acids is 2. The van der Waals surface area contributed by atoms with E-state index in [0.29, 0.717) is 0 Å². The van der Waals surface area contributed by atoms with Gasteiger partial charge in [-0.1, -0.05) is 30.3 Å². The largest absolute Gasteiger partial charge is 0.479 e. The molecule has 96 valence electrons. The van der Waals surface area contributed by atoms with Gasteiger partial charge in [0.2, 0.25) is 5.91 Å². The van der Waals surface area contributed by atoms with Gasteiger partial charge in [-0.25, -0.2) is 4.79 Å². The highest BCUT2D eigenvalue weighted by Crippen LogP contribution is 2.07. The molecular weight excluding hydrogens is 238 g/mol. The van der Waals surface area contributed by atoms with Crippen molar-refractivity contribution in [1.82, 2.24) is 5.32 Å². The lowest BCUT2D eigenvalue weighted by atomic mass is 9.99. The lowest BCUT2D eigenvalue weighted by Gasteiger charge is -2.19. The minimum Gasteiger partial charge on any atom is -0.479 e. The minimum atomic E-state index is -1.98. The second kappa shape index (κ2) is 5.92. The summed E-state index contributed by atoms with van der Waals surface area (Å²) in [6, 6.07) is 6.36. The van der Waals surface area contributed by atoms with Crippen LogP contribution in [0.2, 0.25) is 0 Å². The van der Waals surface area contributed by atoms with Gasteiger partial charge in [0.25, 0.3) is 0 Å². The molecule has 2 atom stereocenters. The normalized spacial score (nSPS) is 13.4. The van der Waals surface area contributed by atoms with Gasteiger partial charge < -0.3 is 15.5 Å². The number of hydrogen-bond acceptors (Lipinski definition) is 4. The standard InChI is InChI=1S/C12H13NO5/c1-7(14)13-9(11(16)12(17)18)10(15)8-5-3-2-4-6-8/h2-6,9,11,16H,1H3,(H,13,14)(H,17,18). The number of aliphatic hydroxyl groups excluding tert-OH is 1. The van der Waals surface area contributed by atoms with Crippen LogP contribution in [0.25, 0.3) is 0 Å². The van der Waals surface area contributed by atoms with Gasteiger partial charge in [0.1, 0.15) is 6.04 Å². The van der Waals surface area contributed by atoms with Crippen LogP contribution in [0.1, 0.15) is 17.3 Å². The Morgan fingerprint density at radius 1 is 1.17 bits per heavy atom. The molecule has 1 aromatic carbocycles. The first kappa shape index (κ1) is 13.9. The van der Waals surface area contributed by atoms with Gasteiger partial charge in [-0.05, 0) is 0 Å². The highest BCUT2D eigenvalue weighted by Gasteiger charge is 2.33. The summed E-state index contributed by atoms with van der Waals surface area (Å²) in [5.41, 5.74) is 0.219. The number of nitrogens with one attached hydrogen (secondary N) is 1. The number of carboxylic acid groups (broad SMARTS) is 1. The van der Waals surface area contributed by atoms with Gasteiger partial charge in [-0.2, -0.15) is 0 Å². The van der Waals surface area contributed by atoms with Gasteiger partial charge in [-0.15, -0.1) is 0 Å². The molecule has 6 nitrogen and oxygen atoms in total. The Labute approximate surface area is 103 Å². The molecule has 3 N–H and O–H groups in total. The Morgan fingerprint density at radius 2 is 1.72 bits per heavy atom. The summed E-state index contributed by atoms with van der Waals surface area (Å²) < 4.78 is 0. The predicted molar refractivity (Wildman–Crippen MR) is 62.0 cm³/mol. The van der Waals surface area contributed by atoms with Crippen LogP contribution in [0.15, 0.2) is 30.3 Å². The van der Waals surface area contributed by atoms with Crippen LogP contribution in [-0.4, -0.2) is 40.0 Å². The molecular formula is C12H13NO5. The van der Waals surface area contributed by atoms with E-state index >= 15 is 0 Å². The summed E-state index contributed by atoms with van der Waals surface area (Å²) in [5, 5.41) is 20.3. The smallest absolute Gasteiger partial charge is 0.335 e. The summed E-state index contributed by atoms with van der Waals surface area (Å²) in [4.78, 5) is 33.6. The summed E-state index contributed by atoms with van der Waals surface area (Å²) in [6.07, 6.45) is -1.98. The second-order valence-electron chi connectivity index (χ2n) is 3.69. The van der Waals surface area contributed by atoms with E-state index in [4.69, 9.17) is 5.11 Å². The third kappa shape index (κ3) is 3.39. The number of aliphatic hydroxyl groups is 1. The Morgan fingerprint density at radius 3 is 2.17 bits per heavy atom. The van der Waals surface area contributed by atoms with Crippen molar-refractivity contribution < 1.29 is 24.6 Å². The first-order valence-electron chi connectivity index (χ1n) is 5.20. The number of rotatable bonds is 5. The van der Waals surface area contributed by atoms with Crippen LogP contribution in [0.5, 0.6) is 0 Å². The molecule has 2 unspecified atom stereocenters. The minimum absolute atomic E-state index is 0.219. The monoisotopic (exact) mass is 251 g/mol. The van der Waals surface area contributed by atoms with Crippen molar-refractivity contribution in [2.75, 3.05) is 0 Å². The Hall–Kier alpha value is -2.21. The molecule has 0 aliphatic heterocycles. The average Bonchev–Trinajstić information content (AvgIpc) is 2.35. The molecule has 1 amide bonds. The molecule has 0 aromatic heterocycles. The number of carboxylic acids is 1. The molecule has 0 heterocycles. The van der Waals surface area contributed by atoms with Crippen molar-refractivity contribution >= 4 is 17.7 Å². The Kier molecular flexibility index (Phi) is 4.56. The van der Waals surface area contributed by atoms with Crippen LogP contribution in [0.4, 0.5) is 0 Å². The number of hydrogen-bond donors (Lipinski definition) is 3. The van der Waals surface area contributed by atoms with E-state index in [1.165, 1.54) is 12.1 Å². The second-order valence-corrected chi connectivity index (χ2v) is 3.69. The molecule has 1 aromatic rings. The zero-order valence-electron chi connectivity index (χ0n) is 9.66. The van der Waals surface area contributed by atoms with E-state index in [0.717, 1.165) is 6.92 Å². The number of amides is 1. The molecule has 0 saturated carbocycles. The lowest BCUT2D eigenvalue weighted by molar-refractivity contribution is -0.147. The van der Waals surface area contributed by atoms with E-state index in [1.54, 1.807) is 18.2 Å². The molecule has 0 fully saturated rings. The van der Waals surface area contributed by atoms with Crippen molar-refractivity contribution in [3.8, 4) is 0 Å². The van der Waals surface area contributed by atoms with Gasteiger partial charge >= 0.3 is 5.97 Å². The Bertz CT molecular complexity index is 457. The first-order valence-corrected chi connectivity index (χ1v) is 5.20. The lowest BCUT2D eigenvalue weighted by Crippen LogP contribution is -2.51. The zero-order valence-corrected chi connectivity index (χ0v) is 9.66. The third-order valence-electron chi connectivity index (χ3n) is 2.27. The molecule has 0 aliphatic carbocycles. The van der Waals surface area contributed by atoms with E-state index in [9.17, 15) is 19.5 Å². The van der Waals surface area contributed by atoms with Gasteiger partial charge in [0, 0.05) is 12.5 Å². The maximum atomic E-state index is 12.0. The average molecular weight is 251 g/mol. The highest BCUT2D eigenvalue weighted by molar-refractivity contribution is 6.04. The summed E-state index contributed by atoms with van der Waals surface area (Å²) >= 11 is 0. The molecule has 0 aliphatic rings. The van der Waals surface area contributed by atoms with Gasteiger partial charge in [0.15, 0.2) is 11.9 Å². The van der Waals surface area contributed by atoms with Crippen LogP contribution in [0.3, 0.4) is 0 Å². The van der Waals surface area contributed by atoms with Crippen LogP contribution in [0, 0.1) is 0 Å². The topological polar surface area (TPSA) is 104 Å². The molecule has 1 rings (SSSR count). The number of ketones is 1. The van der Waals surface area contributed by atoms with Crippen LogP contribution < -0.4 is 5.32 Å². The fraction of sp³-hybridized carbons (Fsp3) is 0.250. The van der Waals surface area contributed by atoms with Crippen molar-refractivity contribution in [2.45, 2.75) is 19.1 Å². The molecule has 18 heavy (non-hydrogen) atoms. The molecule has 0 bridgehead atoms. The summed E-state index contributed by atoms with van der Waals surface area (Å²) in [5.74, 6) is -2.82. The summed E-state index contributed by atoms with van der Waals surface area (Å²) in [6.45, 7) is 1.14. The van der Waals surface area contributed by atoms with Crippen LogP contribution in [-0.2, 0) is 9.59 Å². The number of benzene rings is 1. The molecule has 0 radical (unpaired) electrons. The predicted octanol–water partition coefficient (Wildman–Crippen LogP) is -0.181. The van der Waals surface area contributed by atoms with Crippen molar-refractivity contribution in [1.29, 1.82) is 0 Å². The van der Waals surface area contributed by atoms with Gasteiger partial charge in [0.05, 0.1) is 0 Å². The maximum absolute atomic E-state index is 12.0. The number of aliphatic carboxylic acids is 1. The quantitative estimate of drug-likeness (QED) is 0.630. The van der Waals surface area contributed by atoms with Gasteiger partial charge in [-0.3, -0.25) is 9.59 Å². The number of Topliss-reactive ketones (excluding diaryl/α,β-unsaturated/α-hetero) is 1. The fourth-order valence-corrected chi connectivity index (χ4v) is 1.43. The molecule has 0 spiro atoms. The highest BCUT2D eigenvalue weighted by atomic mass is 16.4. The molecule has 0 saturated heterocycles. The van der Waals surface area contributed by atoms with E-state index in [2.05, 4.69) is 5.32 Å². The summed E-state index contributed by atoms with van der Waals surface area (Å²) in [7, 11) is 0. The van der Waals surface area contributed by atoms with E-state index in [1.807, 2.05) is 0 Å².